The topological polar surface area (TPSA) is 86.6 Å². The van der Waals surface area contributed by atoms with Crippen LogP contribution in [-0.4, -0.2) is 33.7 Å². The van der Waals surface area contributed by atoms with Crippen molar-refractivity contribution >= 4 is 11.9 Å². The van der Waals surface area contributed by atoms with Crippen LogP contribution in [0.2, 0.25) is 0 Å². The molecule has 5 heteroatoms. The van der Waals surface area contributed by atoms with Gasteiger partial charge in [-0.1, -0.05) is 0 Å². The first-order chi connectivity index (χ1) is 7.32. The van der Waals surface area contributed by atoms with Crippen molar-refractivity contribution in [3.05, 3.63) is 0 Å². The molecule has 0 heterocycles. The minimum Gasteiger partial charge on any atom is -0.480 e. The van der Waals surface area contributed by atoms with E-state index in [2.05, 4.69) is 5.32 Å². The fraction of sp³-hybridized carbons (Fsp3) is 0.818. The Kier molecular flexibility index (Phi) is 3.91. The molecule has 92 valence electrons. The Morgan fingerprint density at radius 3 is 2.31 bits per heavy atom. The van der Waals surface area contributed by atoms with E-state index in [0.29, 0.717) is 25.7 Å². The first-order valence-electron chi connectivity index (χ1n) is 5.57. The van der Waals surface area contributed by atoms with Gasteiger partial charge >= 0.3 is 5.97 Å². The first kappa shape index (κ1) is 13.0. The number of hydrogen-bond donors (Lipinski definition) is 3. The van der Waals surface area contributed by atoms with Crippen LogP contribution in [-0.2, 0) is 9.59 Å². The van der Waals surface area contributed by atoms with E-state index in [9.17, 15) is 14.7 Å². The van der Waals surface area contributed by atoms with E-state index >= 15 is 0 Å². The Morgan fingerprint density at radius 2 is 1.88 bits per heavy atom. The summed E-state index contributed by atoms with van der Waals surface area (Å²) in [5.74, 6) is -1.41. The van der Waals surface area contributed by atoms with Crippen molar-refractivity contribution in [2.45, 2.75) is 51.2 Å². The number of rotatable bonds is 3. The molecule has 1 atom stereocenters. The van der Waals surface area contributed by atoms with Crippen LogP contribution in [0.4, 0.5) is 0 Å². The molecule has 0 saturated heterocycles. The highest BCUT2D eigenvalue weighted by atomic mass is 16.4. The summed E-state index contributed by atoms with van der Waals surface area (Å²) < 4.78 is 0. The van der Waals surface area contributed by atoms with Crippen LogP contribution in [0.1, 0.15) is 39.5 Å². The molecule has 0 aromatic rings. The second kappa shape index (κ2) is 4.82. The number of carbonyl (C=O) groups excluding carboxylic acids is 1. The van der Waals surface area contributed by atoms with Gasteiger partial charge in [-0.2, -0.15) is 0 Å². The molecule has 5 nitrogen and oxygen atoms in total. The van der Waals surface area contributed by atoms with Gasteiger partial charge in [0.15, 0.2) is 0 Å². The molecular formula is C11H19NO4. The molecule has 0 radical (unpaired) electrons. The third kappa shape index (κ3) is 3.48. The second-order valence-electron chi connectivity index (χ2n) is 4.84. The highest BCUT2D eigenvalue weighted by Crippen LogP contribution is 2.31. The van der Waals surface area contributed by atoms with E-state index in [4.69, 9.17) is 5.11 Å². The summed E-state index contributed by atoms with van der Waals surface area (Å²) in [6.45, 7) is 3.21. The van der Waals surface area contributed by atoms with Gasteiger partial charge in [-0.05, 0) is 39.5 Å². The van der Waals surface area contributed by atoms with Crippen LogP contribution in [0.5, 0.6) is 0 Å². The molecular weight excluding hydrogens is 210 g/mol. The van der Waals surface area contributed by atoms with Crippen LogP contribution in [0, 0.1) is 5.92 Å². The van der Waals surface area contributed by atoms with E-state index in [1.165, 1.54) is 6.92 Å². The van der Waals surface area contributed by atoms with E-state index in [-0.39, 0.29) is 11.8 Å². The molecule has 1 fully saturated rings. The highest BCUT2D eigenvalue weighted by Gasteiger charge is 2.32. The van der Waals surface area contributed by atoms with E-state index in [1.54, 1.807) is 6.92 Å². The van der Waals surface area contributed by atoms with E-state index < -0.39 is 17.6 Å². The van der Waals surface area contributed by atoms with Gasteiger partial charge in [0, 0.05) is 5.92 Å². The quantitative estimate of drug-likeness (QED) is 0.658. The molecule has 1 aliphatic carbocycles. The maximum atomic E-state index is 11.7. The Morgan fingerprint density at radius 1 is 1.38 bits per heavy atom. The summed E-state index contributed by atoms with van der Waals surface area (Å²) >= 11 is 0. The molecule has 1 saturated carbocycles. The van der Waals surface area contributed by atoms with Crippen molar-refractivity contribution in [2.75, 3.05) is 0 Å². The fourth-order valence-electron chi connectivity index (χ4n) is 1.89. The Labute approximate surface area is 94.8 Å². The number of hydrogen-bond acceptors (Lipinski definition) is 3. The van der Waals surface area contributed by atoms with Gasteiger partial charge in [-0.3, -0.25) is 9.59 Å². The second-order valence-corrected chi connectivity index (χ2v) is 4.84. The van der Waals surface area contributed by atoms with Gasteiger partial charge in [-0.25, -0.2) is 0 Å². The SMILES string of the molecule is CC(NC(=O)[C@H]1CC[C@@](C)(O)CC1)C(=O)O. The summed E-state index contributed by atoms with van der Waals surface area (Å²) in [4.78, 5) is 22.2. The van der Waals surface area contributed by atoms with Crippen molar-refractivity contribution in [1.29, 1.82) is 0 Å². The number of carbonyl (C=O) groups is 2. The van der Waals surface area contributed by atoms with Crippen LogP contribution in [0.3, 0.4) is 0 Å². The third-order valence-corrected chi connectivity index (χ3v) is 3.16. The zero-order valence-corrected chi connectivity index (χ0v) is 9.69. The molecule has 0 aliphatic heterocycles. The fourth-order valence-corrected chi connectivity index (χ4v) is 1.89. The van der Waals surface area contributed by atoms with Crippen molar-refractivity contribution in [1.82, 2.24) is 5.32 Å². The summed E-state index contributed by atoms with van der Waals surface area (Å²) in [5, 5.41) is 20.8. The lowest BCUT2D eigenvalue weighted by molar-refractivity contribution is -0.142. The van der Waals surface area contributed by atoms with Crippen molar-refractivity contribution < 1.29 is 19.8 Å². The molecule has 0 aromatic heterocycles. The van der Waals surface area contributed by atoms with E-state index in [1.807, 2.05) is 0 Å². The molecule has 1 rings (SSSR count). The summed E-state index contributed by atoms with van der Waals surface area (Å²) in [6.07, 6.45) is 2.41. The lowest BCUT2D eigenvalue weighted by atomic mass is 9.79. The summed E-state index contributed by atoms with van der Waals surface area (Å²) in [5.41, 5.74) is -0.671. The van der Waals surface area contributed by atoms with Gasteiger partial charge in [0.1, 0.15) is 6.04 Å². The number of carboxylic acids is 1. The third-order valence-electron chi connectivity index (χ3n) is 3.16. The lowest BCUT2D eigenvalue weighted by Gasteiger charge is -2.32. The number of amides is 1. The van der Waals surface area contributed by atoms with Gasteiger partial charge in [0.25, 0.3) is 0 Å². The van der Waals surface area contributed by atoms with Crippen LogP contribution < -0.4 is 5.32 Å². The highest BCUT2D eigenvalue weighted by molar-refractivity contribution is 5.84. The monoisotopic (exact) mass is 229 g/mol. The number of aliphatic hydroxyl groups is 1. The molecule has 16 heavy (non-hydrogen) atoms. The largest absolute Gasteiger partial charge is 0.480 e. The van der Waals surface area contributed by atoms with Gasteiger partial charge < -0.3 is 15.5 Å². The number of carboxylic acid groups (broad SMARTS) is 1. The molecule has 1 unspecified atom stereocenters. The van der Waals surface area contributed by atoms with Crippen LogP contribution >= 0.6 is 0 Å². The Balaban J connectivity index is 2.42. The van der Waals surface area contributed by atoms with Gasteiger partial charge in [0.2, 0.25) is 5.91 Å². The lowest BCUT2D eigenvalue weighted by Crippen LogP contribution is -2.44. The minimum absolute atomic E-state index is 0.165. The number of aliphatic carboxylic acids is 1. The predicted molar refractivity (Wildman–Crippen MR) is 57.8 cm³/mol. The molecule has 0 spiro atoms. The molecule has 1 amide bonds. The average Bonchev–Trinajstić information content (AvgIpc) is 2.17. The maximum absolute atomic E-state index is 11.7. The maximum Gasteiger partial charge on any atom is 0.325 e. The number of nitrogens with one attached hydrogen (secondary N) is 1. The normalized spacial score (nSPS) is 31.8. The zero-order chi connectivity index (χ0) is 12.3. The summed E-state index contributed by atoms with van der Waals surface area (Å²) in [6, 6.07) is -0.852. The molecule has 1 aliphatic rings. The smallest absolute Gasteiger partial charge is 0.325 e. The molecule has 3 N–H and O–H groups in total. The van der Waals surface area contributed by atoms with Crippen molar-refractivity contribution in [2.24, 2.45) is 5.92 Å². The molecule has 0 bridgehead atoms. The zero-order valence-electron chi connectivity index (χ0n) is 9.69. The van der Waals surface area contributed by atoms with E-state index in [0.717, 1.165) is 0 Å². The van der Waals surface area contributed by atoms with Crippen LogP contribution in [0.15, 0.2) is 0 Å². The van der Waals surface area contributed by atoms with Gasteiger partial charge in [0.05, 0.1) is 5.60 Å². The summed E-state index contributed by atoms with van der Waals surface area (Å²) in [7, 11) is 0. The van der Waals surface area contributed by atoms with Crippen molar-refractivity contribution in [3.8, 4) is 0 Å². The van der Waals surface area contributed by atoms with Crippen LogP contribution in [0.25, 0.3) is 0 Å². The molecule has 0 aromatic carbocycles. The van der Waals surface area contributed by atoms with Crippen molar-refractivity contribution in [3.63, 3.8) is 0 Å². The minimum atomic E-state index is -1.03. The Bertz CT molecular complexity index is 278. The Hall–Kier alpha value is -1.10. The first-order valence-corrected chi connectivity index (χ1v) is 5.57. The predicted octanol–water partition coefficient (Wildman–Crippen LogP) is 0.517. The average molecular weight is 229 g/mol. The van der Waals surface area contributed by atoms with Gasteiger partial charge in [-0.15, -0.1) is 0 Å². The standard InChI is InChI=1S/C11H19NO4/c1-7(10(14)15)12-9(13)8-3-5-11(2,16)6-4-8/h7-8,16H,3-6H2,1-2H3,(H,12,13)(H,14,15)/t7?,8-,11+.